The minimum Gasteiger partial charge on any atom is -0.309 e. The second-order valence-electron chi connectivity index (χ2n) is 5.94. The molecular weight excluding hydrogens is 521 g/mol. The van der Waals surface area contributed by atoms with E-state index >= 15 is 0 Å². The maximum absolute atomic E-state index is 4.72. The van der Waals surface area contributed by atoms with Crippen LogP contribution in [0.5, 0.6) is 0 Å². The Kier molecular flexibility index (Phi) is 11.3. The number of H-pyrrole nitrogens is 6. The van der Waals surface area contributed by atoms with E-state index in [1.807, 2.05) is 24.8 Å². The van der Waals surface area contributed by atoms with Crippen molar-refractivity contribution in [3.63, 3.8) is 0 Å². The van der Waals surface area contributed by atoms with Crippen molar-refractivity contribution in [2.24, 2.45) is 0 Å². The Labute approximate surface area is 213 Å². The minimum absolute atomic E-state index is 0.448. The summed E-state index contributed by atoms with van der Waals surface area (Å²) in [4.78, 5) is 24.0. The molecule has 0 aliphatic rings. The molecule has 166 valence electrons. The van der Waals surface area contributed by atoms with Gasteiger partial charge < -0.3 is 29.9 Å². The van der Waals surface area contributed by atoms with Crippen LogP contribution in [-0.4, -0.2) is 39.9 Å². The average molecular weight is 539 g/mol. The summed E-state index contributed by atoms with van der Waals surface area (Å²) in [6, 6.07) is 8.23. The molecule has 4 rings (SSSR count). The highest BCUT2D eigenvalue weighted by molar-refractivity contribution is 7.72. The largest absolute Gasteiger partial charge is 0.309 e. The molecule has 0 atom stereocenters. The lowest BCUT2D eigenvalue weighted by atomic mass is 10.1. The number of rotatable bonds is 3. The van der Waals surface area contributed by atoms with Gasteiger partial charge in [-0.15, -0.1) is 0 Å². The van der Waals surface area contributed by atoms with E-state index in [4.69, 9.17) is 73.3 Å². The first-order valence-corrected chi connectivity index (χ1v) is 11.4. The predicted octanol–water partition coefficient (Wildman–Crippen LogP) is 5.98. The molecule has 14 heteroatoms. The highest BCUT2D eigenvalue weighted by atomic mass is 32.1. The zero-order valence-electron chi connectivity index (χ0n) is 16.4. The number of aromatic nitrogens is 8. The Morgan fingerprint density at radius 1 is 0.438 bits per heavy atom. The monoisotopic (exact) mass is 538 g/mol. The summed E-state index contributed by atoms with van der Waals surface area (Å²) in [5, 5.41) is 0. The fraction of sp³-hybridized carbons (Fsp3) is 0.111. The van der Waals surface area contributed by atoms with Gasteiger partial charge in [-0.3, -0.25) is 9.97 Å². The fourth-order valence-corrected chi connectivity index (χ4v) is 3.81. The van der Waals surface area contributed by atoms with Gasteiger partial charge in [0.1, 0.15) is 0 Å². The van der Waals surface area contributed by atoms with Crippen LogP contribution in [0, 0.1) is 28.6 Å². The number of pyridine rings is 2. The van der Waals surface area contributed by atoms with Crippen LogP contribution in [0.15, 0.2) is 49.1 Å². The number of hydrogen-bond acceptors (Lipinski definition) is 8. The molecule has 0 fully saturated rings. The van der Waals surface area contributed by atoms with Gasteiger partial charge in [-0.05, 0) is 122 Å². The summed E-state index contributed by atoms with van der Waals surface area (Å²) in [5.41, 5.74) is 2.66. The zero-order valence-corrected chi connectivity index (χ0v) is 21.3. The smallest absolute Gasteiger partial charge is 0.178 e. The molecule has 0 radical (unpaired) electrons. The van der Waals surface area contributed by atoms with Crippen LogP contribution in [0.25, 0.3) is 0 Å². The van der Waals surface area contributed by atoms with E-state index < -0.39 is 0 Å². The molecule has 0 aliphatic carbocycles. The van der Waals surface area contributed by atoms with Crippen LogP contribution in [0.2, 0.25) is 0 Å². The summed E-state index contributed by atoms with van der Waals surface area (Å²) < 4.78 is 2.69. The molecule has 0 amide bonds. The summed E-state index contributed by atoms with van der Waals surface area (Å²) in [6.07, 6.45) is 9.46. The van der Waals surface area contributed by atoms with Crippen molar-refractivity contribution in [1.29, 1.82) is 0 Å². The van der Waals surface area contributed by atoms with Crippen molar-refractivity contribution >= 4 is 73.3 Å². The van der Waals surface area contributed by atoms with Gasteiger partial charge in [0.05, 0.1) is 0 Å². The third kappa shape index (κ3) is 10.8. The number of nitrogens with one attached hydrogen (secondary N) is 6. The van der Waals surface area contributed by atoms with E-state index in [1.165, 1.54) is 11.1 Å². The number of nitrogens with zero attached hydrogens (tertiary/aromatic N) is 2. The fourth-order valence-electron chi connectivity index (χ4n) is 2.19. The van der Waals surface area contributed by atoms with E-state index in [-0.39, 0.29) is 0 Å². The van der Waals surface area contributed by atoms with Gasteiger partial charge >= 0.3 is 0 Å². The van der Waals surface area contributed by atoms with Gasteiger partial charge in [-0.25, -0.2) is 0 Å². The molecule has 4 aromatic heterocycles. The Bertz CT molecular complexity index is 1180. The van der Waals surface area contributed by atoms with Crippen LogP contribution in [0.4, 0.5) is 0 Å². The lowest BCUT2D eigenvalue weighted by Gasteiger charge is -2.00. The third-order valence-corrected chi connectivity index (χ3v) is 4.79. The summed E-state index contributed by atoms with van der Waals surface area (Å²) in [5.74, 6) is 0. The molecular formula is C18H18N8S6. The molecule has 0 saturated heterocycles. The van der Waals surface area contributed by atoms with Crippen LogP contribution in [-0.2, 0) is 12.8 Å². The highest BCUT2D eigenvalue weighted by Gasteiger charge is 1.94. The van der Waals surface area contributed by atoms with Gasteiger partial charge in [0.25, 0.3) is 0 Å². The van der Waals surface area contributed by atoms with Gasteiger partial charge in [0.2, 0.25) is 0 Å². The standard InChI is InChI=1S/C12H12N2.2C3H3N3S3/c1(11-3-7-13-8-4-11)2-12-5-9-14-10-6-12;2*7-1-4-2(8)6-3(9)5-1/h3-10H,1-2H2;2*(H3,4,5,6,7,8,9). The molecule has 6 N–H and O–H groups in total. The van der Waals surface area contributed by atoms with Crippen molar-refractivity contribution < 1.29 is 0 Å². The molecule has 32 heavy (non-hydrogen) atoms. The molecule has 0 spiro atoms. The molecule has 0 saturated carbocycles. The molecule has 0 bridgehead atoms. The van der Waals surface area contributed by atoms with Crippen molar-refractivity contribution in [3.8, 4) is 0 Å². The Morgan fingerprint density at radius 3 is 0.875 bits per heavy atom. The second-order valence-corrected chi connectivity index (χ2v) is 8.39. The Morgan fingerprint density at radius 2 is 0.656 bits per heavy atom. The molecule has 8 nitrogen and oxygen atoms in total. The predicted molar refractivity (Wildman–Crippen MR) is 140 cm³/mol. The van der Waals surface area contributed by atoms with Crippen molar-refractivity contribution in [2.45, 2.75) is 12.8 Å². The number of aromatic amines is 6. The van der Waals surface area contributed by atoms with Gasteiger partial charge in [0.15, 0.2) is 28.6 Å². The number of aryl methyl sites for hydroxylation is 2. The first-order valence-electron chi connectivity index (χ1n) is 8.95. The molecule has 4 aromatic rings. The van der Waals surface area contributed by atoms with Crippen molar-refractivity contribution in [1.82, 2.24) is 39.9 Å². The summed E-state index contributed by atoms with van der Waals surface area (Å²) in [6.45, 7) is 0. The van der Waals surface area contributed by atoms with Crippen LogP contribution < -0.4 is 0 Å². The van der Waals surface area contributed by atoms with Gasteiger partial charge in [0, 0.05) is 24.8 Å². The minimum atomic E-state index is 0.448. The lowest BCUT2D eigenvalue weighted by molar-refractivity contribution is 0.951. The second kappa shape index (κ2) is 13.9. The number of hydrogen-bond donors (Lipinski definition) is 6. The van der Waals surface area contributed by atoms with E-state index in [0.717, 1.165) is 12.8 Å². The van der Waals surface area contributed by atoms with Crippen LogP contribution in [0.1, 0.15) is 11.1 Å². The topological polar surface area (TPSA) is 121 Å². The molecule has 4 heterocycles. The normalized spacial score (nSPS) is 9.62. The van der Waals surface area contributed by atoms with E-state index in [2.05, 4.69) is 64.1 Å². The zero-order chi connectivity index (χ0) is 23.3. The maximum Gasteiger partial charge on any atom is 0.178 e. The van der Waals surface area contributed by atoms with Crippen molar-refractivity contribution in [3.05, 3.63) is 88.8 Å². The lowest BCUT2D eigenvalue weighted by Crippen LogP contribution is -1.91. The summed E-state index contributed by atoms with van der Waals surface area (Å²) >= 11 is 28.3. The molecule has 0 aliphatic heterocycles. The Balaban J connectivity index is 0.000000178. The SMILES string of the molecule is S=c1[nH]c(=S)[nH]c(=S)[nH]1.S=c1[nH]c(=S)[nH]c(=S)[nH]1.c1cc(CCc2ccncc2)ccn1. The molecule has 0 unspecified atom stereocenters. The average Bonchev–Trinajstić information content (AvgIpc) is 2.73. The van der Waals surface area contributed by atoms with E-state index in [9.17, 15) is 0 Å². The highest BCUT2D eigenvalue weighted by Crippen LogP contribution is 2.04. The quantitative estimate of drug-likeness (QED) is 0.176. The van der Waals surface area contributed by atoms with Gasteiger partial charge in [-0.1, -0.05) is 0 Å². The Hall–Kier alpha value is -2.36. The first kappa shape index (κ1) is 25.9. The van der Waals surface area contributed by atoms with E-state index in [0.29, 0.717) is 28.6 Å². The van der Waals surface area contributed by atoms with Crippen LogP contribution >= 0.6 is 73.3 Å². The van der Waals surface area contributed by atoms with Crippen LogP contribution in [0.3, 0.4) is 0 Å². The maximum atomic E-state index is 4.72. The van der Waals surface area contributed by atoms with E-state index in [1.54, 1.807) is 0 Å². The van der Waals surface area contributed by atoms with Gasteiger partial charge in [-0.2, -0.15) is 0 Å². The molecule has 0 aromatic carbocycles. The third-order valence-electron chi connectivity index (χ3n) is 3.56. The summed E-state index contributed by atoms with van der Waals surface area (Å²) in [7, 11) is 0. The van der Waals surface area contributed by atoms with Crippen molar-refractivity contribution in [2.75, 3.05) is 0 Å². The first-order chi connectivity index (χ1) is 15.3.